The fourth-order valence-corrected chi connectivity index (χ4v) is 9.19. The van der Waals surface area contributed by atoms with Crippen LogP contribution in [0, 0.1) is 40.4 Å². The van der Waals surface area contributed by atoms with Crippen molar-refractivity contribution in [1.82, 2.24) is 0 Å². The first-order valence-corrected chi connectivity index (χ1v) is 17.0. The normalized spacial score (nSPS) is 38.9. The molecule has 2 unspecified atom stereocenters. The summed E-state index contributed by atoms with van der Waals surface area (Å²) in [4.78, 5) is 3.19. The van der Waals surface area contributed by atoms with Crippen molar-refractivity contribution in [3.63, 3.8) is 0 Å². The van der Waals surface area contributed by atoms with Gasteiger partial charge in [0.2, 0.25) is 0 Å². The van der Waals surface area contributed by atoms with Crippen LogP contribution in [0.5, 0.6) is 0 Å². The third-order valence-electron chi connectivity index (χ3n) is 10.9. The van der Waals surface area contributed by atoms with E-state index >= 15 is 0 Å². The number of fused-ring (bicyclic) bond motifs is 1. The highest BCUT2D eigenvalue weighted by Gasteiger charge is 2.57. The van der Waals surface area contributed by atoms with E-state index in [1.165, 1.54) is 24.8 Å². The van der Waals surface area contributed by atoms with E-state index in [2.05, 4.69) is 64.7 Å². The van der Waals surface area contributed by atoms with E-state index in [9.17, 15) is 5.53 Å². The molecule has 3 fully saturated rings. The lowest BCUT2D eigenvalue weighted by Crippen LogP contribution is -2.52. The Kier molecular flexibility index (Phi) is 8.58. The van der Waals surface area contributed by atoms with Gasteiger partial charge >= 0.3 is 0 Å². The van der Waals surface area contributed by atoms with Crippen molar-refractivity contribution in [3.05, 3.63) is 20.5 Å². The largest absolute Gasteiger partial charge is 0.417 e. The van der Waals surface area contributed by atoms with Crippen molar-refractivity contribution in [2.75, 3.05) is 13.2 Å². The smallest absolute Gasteiger partial charge is 0.191 e. The van der Waals surface area contributed by atoms with Gasteiger partial charge in [-0.2, -0.15) is 0 Å². The molecule has 3 aliphatic carbocycles. The summed E-state index contributed by atoms with van der Waals surface area (Å²) in [6.07, 6.45) is 8.07. The van der Waals surface area contributed by atoms with Gasteiger partial charge in [0.05, 0.1) is 0 Å². The van der Waals surface area contributed by atoms with E-state index in [4.69, 9.17) is 27.6 Å². The molecule has 0 N–H and O–H groups in total. The molecule has 194 valence electrons. The lowest BCUT2D eigenvalue weighted by atomic mass is 9.49. The number of allylic oxidation sites excluding steroid dienone is 1. The Bertz CT molecular complexity index is 830. The number of hydrogen-bond donors (Lipinski definition) is 0. The SMILES string of the molecule is C[C@H]1CC[C@](C)(C2CC[C@]3(C)C(=C(Cl)Cl)CCC3[C@@H]2CN=[N+]=[N-])[C@@H](CO[Si](C)(C)C(C)(C)C)C1. The molecule has 0 aliphatic heterocycles. The molecule has 34 heavy (non-hydrogen) atoms. The average Bonchev–Trinajstić information content (AvgIpc) is 3.09. The number of rotatable bonds is 6. The third-order valence-corrected chi connectivity index (χ3v) is 15.9. The molecule has 3 saturated carbocycles. The summed E-state index contributed by atoms with van der Waals surface area (Å²) < 4.78 is 7.32. The minimum Gasteiger partial charge on any atom is -0.417 e. The van der Waals surface area contributed by atoms with Gasteiger partial charge in [-0.1, -0.05) is 76.3 Å². The topological polar surface area (TPSA) is 58.0 Å². The lowest BCUT2D eigenvalue weighted by Gasteiger charge is -2.57. The van der Waals surface area contributed by atoms with Crippen molar-refractivity contribution < 1.29 is 4.43 Å². The molecule has 0 bridgehead atoms. The van der Waals surface area contributed by atoms with Crippen LogP contribution in [0.1, 0.15) is 86.5 Å². The van der Waals surface area contributed by atoms with Gasteiger partial charge in [0.15, 0.2) is 8.32 Å². The maximum atomic E-state index is 9.23. The molecule has 0 heterocycles. The fraction of sp³-hybridized carbons (Fsp3) is 0.926. The minimum atomic E-state index is -1.82. The van der Waals surface area contributed by atoms with Gasteiger partial charge in [0.1, 0.15) is 4.49 Å². The maximum absolute atomic E-state index is 9.23. The molecule has 0 radical (unpaired) electrons. The predicted octanol–water partition coefficient (Wildman–Crippen LogP) is 9.89. The van der Waals surface area contributed by atoms with Crippen LogP contribution in [0.25, 0.3) is 10.4 Å². The van der Waals surface area contributed by atoms with Crippen molar-refractivity contribution in [3.8, 4) is 0 Å². The summed E-state index contributed by atoms with van der Waals surface area (Å²) in [5.41, 5.74) is 10.7. The Morgan fingerprint density at radius 1 is 1.15 bits per heavy atom. The predicted molar refractivity (Wildman–Crippen MR) is 148 cm³/mol. The summed E-state index contributed by atoms with van der Waals surface area (Å²) >= 11 is 12.7. The zero-order valence-corrected chi connectivity index (χ0v) is 25.3. The Balaban J connectivity index is 1.93. The van der Waals surface area contributed by atoms with Crippen molar-refractivity contribution in [2.24, 2.45) is 45.5 Å². The van der Waals surface area contributed by atoms with Crippen LogP contribution in [0.15, 0.2) is 15.2 Å². The molecule has 4 nitrogen and oxygen atoms in total. The lowest BCUT2D eigenvalue weighted by molar-refractivity contribution is -0.0753. The molecule has 7 atom stereocenters. The van der Waals surface area contributed by atoms with Gasteiger partial charge < -0.3 is 4.43 Å². The molecule has 0 aromatic carbocycles. The molecule has 0 amide bonds. The number of nitrogens with zero attached hydrogens (tertiary/aromatic N) is 3. The van der Waals surface area contributed by atoms with Gasteiger partial charge in [0, 0.05) is 18.1 Å². The van der Waals surface area contributed by atoms with Gasteiger partial charge in [-0.25, -0.2) is 0 Å². The van der Waals surface area contributed by atoms with Gasteiger partial charge in [-0.15, -0.1) is 0 Å². The quantitative estimate of drug-likeness (QED) is 0.146. The van der Waals surface area contributed by atoms with E-state index < -0.39 is 8.32 Å². The molecular weight excluding hydrogens is 481 g/mol. The summed E-state index contributed by atoms with van der Waals surface area (Å²) in [6, 6.07) is 0. The number of azide groups is 1. The van der Waals surface area contributed by atoms with E-state index in [1.54, 1.807) is 0 Å². The zero-order chi connectivity index (χ0) is 25.5. The van der Waals surface area contributed by atoms with Crippen LogP contribution >= 0.6 is 23.2 Å². The highest BCUT2D eigenvalue weighted by Crippen LogP contribution is 2.65. The third kappa shape index (κ3) is 5.25. The van der Waals surface area contributed by atoms with Crippen LogP contribution in [0.4, 0.5) is 0 Å². The molecule has 3 aliphatic rings. The second-order valence-corrected chi connectivity index (χ2v) is 19.4. The van der Waals surface area contributed by atoms with Gasteiger partial charge in [-0.3, -0.25) is 0 Å². The molecule has 3 rings (SSSR count). The Morgan fingerprint density at radius 2 is 1.82 bits per heavy atom. The first kappa shape index (κ1) is 28.4. The summed E-state index contributed by atoms with van der Waals surface area (Å²) in [6.45, 7) is 20.5. The molecular formula is C27H47Cl2N3OSi. The molecule has 0 aromatic heterocycles. The monoisotopic (exact) mass is 527 g/mol. The van der Waals surface area contributed by atoms with Crippen molar-refractivity contribution in [2.45, 2.75) is 105 Å². The Labute approximate surface area is 219 Å². The average molecular weight is 529 g/mol. The van der Waals surface area contributed by atoms with Gasteiger partial charge in [-0.05, 0) is 108 Å². The number of hydrogen-bond acceptors (Lipinski definition) is 2. The molecule has 0 spiro atoms. The Morgan fingerprint density at radius 3 is 2.41 bits per heavy atom. The first-order valence-electron chi connectivity index (χ1n) is 13.4. The maximum Gasteiger partial charge on any atom is 0.191 e. The van der Waals surface area contributed by atoms with Crippen molar-refractivity contribution >= 4 is 31.5 Å². The minimum absolute atomic E-state index is 0.0242. The molecule has 0 saturated heterocycles. The zero-order valence-electron chi connectivity index (χ0n) is 22.8. The van der Waals surface area contributed by atoms with Gasteiger partial charge in [0.25, 0.3) is 0 Å². The second-order valence-electron chi connectivity index (χ2n) is 13.7. The van der Waals surface area contributed by atoms with E-state index in [-0.39, 0.29) is 15.9 Å². The summed E-state index contributed by atoms with van der Waals surface area (Å²) in [5.74, 6) is 2.65. The van der Waals surface area contributed by atoms with Crippen LogP contribution in [0.3, 0.4) is 0 Å². The van der Waals surface area contributed by atoms with E-state index in [0.29, 0.717) is 34.7 Å². The molecule has 0 aromatic rings. The van der Waals surface area contributed by atoms with Crippen LogP contribution in [0.2, 0.25) is 18.1 Å². The highest BCUT2D eigenvalue weighted by molar-refractivity contribution is 6.74. The van der Waals surface area contributed by atoms with Crippen LogP contribution in [-0.2, 0) is 4.43 Å². The van der Waals surface area contributed by atoms with E-state index in [1.807, 2.05) is 0 Å². The highest BCUT2D eigenvalue weighted by atomic mass is 35.5. The fourth-order valence-electron chi connectivity index (χ4n) is 7.52. The standard InChI is InChI=1S/C27H47Cl2N3OSi/c1-18-11-13-26(5,19(15-18)17-33-34(7,8)25(2,3)4)22-12-14-27(6)21(20(22)16-31-32-30)9-10-23(27)24(28)29/h18-22H,9-17H2,1-8H3/t18-,19+,20-,21?,22?,26-,27-/m0/s1. The van der Waals surface area contributed by atoms with Crippen LogP contribution in [-0.4, -0.2) is 21.5 Å². The molecule has 7 heteroatoms. The summed E-state index contributed by atoms with van der Waals surface area (Å²) in [7, 11) is -1.82. The summed E-state index contributed by atoms with van der Waals surface area (Å²) in [5, 5.41) is 4.38. The Hall–Kier alpha value is -0.193. The first-order chi connectivity index (χ1) is 15.7. The second kappa shape index (κ2) is 10.3. The van der Waals surface area contributed by atoms with Crippen LogP contribution < -0.4 is 0 Å². The van der Waals surface area contributed by atoms with Crippen molar-refractivity contribution in [1.29, 1.82) is 0 Å². The number of halogens is 2. The van der Waals surface area contributed by atoms with E-state index in [0.717, 1.165) is 38.2 Å².